The first-order chi connectivity index (χ1) is 7.84. The number of rotatable bonds is 4. The van der Waals surface area contributed by atoms with Crippen molar-refractivity contribution in [1.29, 1.82) is 0 Å². The molecule has 3 N–H and O–H groups in total. The molecule has 0 bridgehead atoms. The van der Waals surface area contributed by atoms with E-state index in [2.05, 4.69) is 20.5 Å². The number of hydrogen-bond donors (Lipinski definition) is 3. The van der Waals surface area contributed by atoms with Crippen molar-refractivity contribution in [1.82, 2.24) is 20.5 Å². The second-order valence-electron chi connectivity index (χ2n) is 5.14. The summed E-state index contributed by atoms with van der Waals surface area (Å²) in [5.41, 5.74) is -0.164. The summed E-state index contributed by atoms with van der Waals surface area (Å²) in [5, 5.41) is 18.1. The maximum atomic E-state index is 11.7. The Balaban J connectivity index is 2.67. The normalized spacial score (nSPS) is 13.5. The van der Waals surface area contributed by atoms with Gasteiger partial charge in [0.1, 0.15) is 5.82 Å². The number of aromatic nitrogens is 3. The monoisotopic (exact) mass is 240 g/mol. The number of H-pyrrole nitrogens is 1. The summed E-state index contributed by atoms with van der Waals surface area (Å²) in [7, 11) is 0. The zero-order valence-electron chi connectivity index (χ0n) is 10.7. The third-order valence-corrected chi connectivity index (χ3v) is 2.34. The van der Waals surface area contributed by atoms with Crippen LogP contribution in [-0.2, 0) is 5.41 Å². The third kappa shape index (κ3) is 3.81. The number of carbonyl (C=O) groups excluding carboxylic acids is 1. The van der Waals surface area contributed by atoms with Crippen molar-refractivity contribution in [2.75, 3.05) is 6.61 Å². The molecule has 0 aromatic carbocycles. The topological polar surface area (TPSA) is 90.9 Å². The first-order valence-corrected chi connectivity index (χ1v) is 5.69. The number of nitrogens with zero attached hydrogens (tertiary/aromatic N) is 2. The Kier molecular flexibility index (Phi) is 4.22. The lowest BCUT2D eigenvalue weighted by Gasteiger charge is -2.13. The minimum absolute atomic E-state index is 0.0443. The molecule has 0 aliphatic rings. The van der Waals surface area contributed by atoms with Gasteiger partial charge in [0.25, 0.3) is 5.91 Å². The molecule has 17 heavy (non-hydrogen) atoms. The van der Waals surface area contributed by atoms with E-state index in [0.29, 0.717) is 12.2 Å². The lowest BCUT2D eigenvalue weighted by molar-refractivity contribution is 0.0924. The van der Waals surface area contributed by atoms with Crippen LogP contribution in [0.3, 0.4) is 0 Å². The van der Waals surface area contributed by atoms with Gasteiger partial charge in [0.2, 0.25) is 5.82 Å². The molecule has 1 amide bonds. The van der Waals surface area contributed by atoms with Gasteiger partial charge in [0.05, 0.1) is 0 Å². The van der Waals surface area contributed by atoms with E-state index in [0.717, 1.165) is 0 Å². The molecule has 96 valence electrons. The molecule has 0 aliphatic carbocycles. The Hall–Kier alpha value is -1.43. The first-order valence-electron chi connectivity index (χ1n) is 5.69. The van der Waals surface area contributed by atoms with E-state index in [1.165, 1.54) is 0 Å². The van der Waals surface area contributed by atoms with Crippen LogP contribution < -0.4 is 5.32 Å². The van der Waals surface area contributed by atoms with Crippen LogP contribution in [0.4, 0.5) is 0 Å². The molecule has 1 unspecified atom stereocenters. The quantitative estimate of drug-likeness (QED) is 0.719. The van der Waals surface area contributed by atoms with Gasteiger partial charge in [-0.1, -0.05) is 20.8 Å². The van der Waals surface area contributed by atoms with Gasteiger partial charge >= 0.3 is 0 Å². The van der Waals surface area contributed by atoms with Crippen molar-refractivity contribution < 1.29 is 9.90 Å². The van der Waals surface area contributed by atoms with E-state index in [-0.39, 0.29) is 29.8 Å². The molecule has 0 saturated carbocycles. The summed E-state index contributed by atoms with van der Waals surface area (Å²) in [4.78, 5) is 15.9. The molecule has 0 radical (unpaired) electrons. The Bertz CT molecular complexity index is 381. The number of nitrogens with one attached hydrogen (secondary N) is 2. The number of amides is 1. The lowest BCUT2D eigenvalue weighted by atomic mass is 9.96. The molecular formula is C11H20N4O2. The average Bonchev–Trinajstić information content (AvgIpc) is 2.65. The van der Waals surface area contributed by atoms with Crippen LogP contribution in [0.2, 0.25) is 0 Å². The van der Waals surface area contributed by atoms with Crippen LogP contribution in [0.15, 0.2) is 0 Å². The van der Waals surface area contributed by atoms with Gasteiger partial charge in [-0.15, -0.1) is 5.10 Å². The minimum Gasteiger partial charge on any atom is -0.396 e. The summed E-state index contributed by atoms with van der Waals surface area (Å²) < 4.78 is 0. The standard InChI is InChI=1S/C11H20N4O2/c1-7(5-6-16)12-9(17)8-13-10(15-14-8)11(2,3)4/h7,16H,5-6H2,1-4H3,(H,12,17)(H,13,14,15). The fourth-order valence-corrected chi connectivity index (χ4v) is 1.25. The van der Waals surface area contributed by atoms with E-state index < -0.39 is 0 Å². The Labute approximate surface area is 101 Å². The van der Waals surface area contributed by atoms with Crippen molar-refractivity contribution in [3.8, 4) is 0 Å². The number of carbonyl (C=O) groups is 1. The van der Waals surface area contributed by atoms with Crippen LogP contribution in [-0.4, -0.2) is 38.8 Å². The second kappa shape index (κ2) is 5.27. The van der Waals surface area contributed by atoms with Gasteiger partial charge in [-0.2, -0.15) is 0 Å². The predicted octanol–water partition coefficient (Wildman–Crippen LogP) is 0.603. The Morgan fingerprint density at radius 1 is 1.53 bits per heavy atom. The van der Waals surface area contributed by atoms with E-state index in [1.807, 2.05) is 27.7 Å². The number of aliphatic hydroxyl groups is 1. The van der Waals surface area contributed by atoms with Gasteiger partial charge in [-0.25, -0.2) is 4.98 Å². The summed E-state index contributed by atoms with van der Waals surface area (Å²) in [5.74, 6) is 0.495. The SMILES string of the molecule is CC(CCO)NC(=O)c1n[nH]c(C(C)(C)C)n1. The molecule has 1 aromatic heterocycles. The van der Waals surface area contributed by atoms with Crippen LogP contribution >= 0.6 is 0 Å². The molecular weight excluding hydrogens is 220 g/mol. The van der Waals surface area contributed by atoms with E-state index in [9.17, 15) is 4.79 Å². The Morgan fingerprint density at radius 2 is 2.18 bits per heavy atom. The number of aromatic amines is 1. The predicted molar refractivity (Wildman–Crippen MR) is 63.7 cm³/mol. The zero-order chi connectivity index (χ0) is 13.1. The summed E-state index contributed by atoms with van der Waals surface area (Å²) in [6.45, 7) is 7.84. The molecule has 0 saturated heterocycles. The fraction of sp³-hybridized carbons (Fsp3) is 0.727. The van der Waals surface area contributed by atoms with Gasteiger partial charge < -0.3 is 10.4 Å². The van der Waals surface area contributed by atoms with Gasteiger partial charge in [-0.05, 0) is 13.3 Å². The van der Waals surface area contributed by atoms with E-state index >= 15 is 0 Å². The highest BCUT2D eigenvalue weighted by atomic mass is 16.3. The summed E-state index contributed by atoms with van der Waals surface area (Å²) in [6.07, 6.45) is 0.516. The molecule has 6 heteroatoms. The Morgan fingerprint density at radius 3 is 2.65 bits per heavy atom. The van der Waals surface area contributed by atoms with Gasteiger partial charge in [0.15, 0.2) is 0 Å². The molecule has 1 atom stereocenters. The second-order valence-corrected chi connectivity index (χ2v) is 5.14. The van der Waals surface area contributed by atoms with E-state index in [1.54, 1.807) is 0 Å². The van der Waals surface area contributed by atoms with Crippen LogP contribution in [0.1, 0.15) is 50.6 Å². The molecule has 0 aliphatic heterocycles. The summed E-state index contributed by atoms with van der Waals surface area (Å²) >= 11 is 0. The highest BCUT2D eigenvalue weighted by molar-refractivity contribution is 5.90. The van der Waals surface area contributed by atoms with Gasteiger partial charge in [-0.3, -0.25) is 9.89 Å². The number of hydrogen-bond acceptors (Lipinski definition) is 4. The van der Waals surface area contributed by atoms with Gasteiger partial charge in [0, 0.05) is 18.1 Å². The zero-order valence-corrected chi connectivity index (χ0v) is 10.7. The lowest BCUT2D eigenvalue weighted by Crippen LogP contribution is -2.34. The molecule has 0 spiro atoms. The third-order valence-electron chi connectivity index (χ3n) is 2.34. The van der Waals surface area contributed by atoms with Crippen molar-refractivity contribution in [2.24, 2.45) is 0 Å². The van der Waals surface area contributed by atoms with Crippen molar-refractivity contribution >= 4 is 5.91 Å². The summed E-state index contributed by atoms with van der Waals surface area (Å²) in [6, 6.07) is -0.0934. The smallest absolute Gasteiger partial charge is 0.291 e. The van der Waals surface area contributed by atoms with Crippen molar-refractivity contribution in [3.63, 3.8) is 0 Å². The van der Waals surface area contributed by atoms with Crippen LogP contribution in [0.5, 0.6) is 0 Å². The molecule has 1 heterocycles. The largest absolute Gasteiger partial charge is 0.396 e. The molecule has 1 rings (SSSR count). The van der Waals surface area contributed by atoms with Crippen LogP contribution in [0, 0.1) is 0 Å². The molecule has 0 fully saturated rings. The molecule has 6 nitrogen and oxygen atoms in total. The molecule has 1 aromatic rings. The maximum absolute atomic E-state index is 11.7. The minimum atomic E-state index is -0.322. The highest BCUT2D eigenvalue weighted by Gasteiger charge is 2.21. The highest BCUT2D eigenvalue weighted by Crippen LogP contribution is 2.17. The van der Waals surface area contributed by atoms with Crippen molar-refractivity contribution in [2.45, 2.75) is 45.6 Å². The first kappa shape index (κ1) is 13.6. The maximum Gasteiger partial charge on any atom is 0.291 e. The average molecular weight is 240 g/mol. The number of aliphatic hydroxyl groups excluding tert-OH is 1. The van der Waals surface area contributed by atoms with Crippen LogP contribution in [0.25, 0.3) is 0 Å². The van der Waals surface area contributed by atoms with Crippen molar-refractivity contribution in [3.05, 3.63) is 11.6 Å². The fourth-order valence-electron chi connectivity index (χ4n) is 1.25. The van der Waals surface area contributed by atoms with E-state index in [4.69, 9.17) is 5.11 Å².